The van der Waals surface area contributed by atoms with Crippen molar-refractivity contribution in [1.82, 2.24) is 4.90 Å². The minimum absolute atomic E-state index is 0.0159. The summed E-state index contributed by atoms with van der Waals surface area (Å²) in [5.41, 5.74) is 1.63. The minimum atomic E-state index is -3.11. The molecule has 4 nitrogen and oxygen atoms in total. The number of carbonyl (C=O) groups is 1. The number of nitrogens with zero attached hydrogens (tertiary/aromatic N) is 1. The molecular weight excluding hydrogens is 405 g/mol. The number of halogens is 2. The summed E-state index contributed by atoms with van der Waals surface area (Å²) in [6.07, 6.45) is 3.60. The highest BCUT2D eigenvalue weighted by molar-refractivity contribution is 7.91. The zero-order valence-corrected chi connectivity index (χ0v) is 16.8. The molecule has 7 heteroatoms. The van der Waals surface area contributed by atoms with Gasteiger partial charge in [-0.25, -0.2) is 8.42 Å². The van der Waals surface area contributed by atoms with Crippen molar-refractivity contribution >= 4 is 45.0 Å². The summed E-state index contributed by atoms with van der Waals surface area (Å²) >= 11 is 12.1. The SMILES string of the molecule is O=C(C=Cc1ccc(Cl)cc1)N(Cc1ccccc1Cl)C1CCS(=O)(=O)C1. The monoisotopic (exact) mass is 423 g/mol. The lowest BCUT2D eigenvalue weighted by molar-refractivity contribution is -0.128. The summed E-state index contributed by atoms with van der Waals surface area (Å²) in [7, 11) is -3.11. The molecule has 3 rings (SSSR count). The molecule has 0 N–H and O–H groups in total. The van der Waals surface area contributed by atoms with Crippen molar-refractivity contribution in [3.8, 4) is 0 Å². The summed E-state index contributed by atoms with van der Waals surface area (Å²) in [4.78, 5) is 14.5. The predicted octanol–water partition coefficient (Wildman–Crippen LogP) is 4.22. The van der Waals surface area contributed by atoms with Gasteiger partial charge in [-0.05, 0) is 41.8 Å². The Morgan fingerprint density at radius 3 is 2.44 bits per heavy atom. The van der Waals surface area contributed by atoms with Crippen LogP contribution in [0, 0.1) is 0 Å². The maximum Gasteiger partial charge on any atom is 0.247 e. The van der Waals surface area contributed by atoms with Gasteiger partial charge in [0.05, 0.1) is 11.5 Å². The molecule has 2 aromatic carbocycles. The lowest BCUT2D eigenvalue weighted by Gasteiger charge is -2.27. The van der Waals surface area contributed by atoms with Crippen molar-refractivity contribution < 1.29 is 13.2 Å². The van der Waals surface area contributed by atoms with E-state index in [0.29, 0.717) is 16.5 Å². The summed E-state index contributed by atoms with van der Waals surface area (Å²) in [5.74, 6) is -0.157. The van der Waals surface area contributed by atoms with Gasteiger partial charge in [0.15, 0.2) is 9.84 Å². The molecule has 142 valence electrons. The van der Waals surface area contributed by atoms with Crippen LogP contribution in [0.3, 0.4) is 0 Å². The Kier molecular flexibility index (Phi) is 6.25. The van der Waals surface area contributed by atoms with Crippen LogP contribution in [0.1, 0.15) is 17.5 Å². The molecule has 1 unspecified atom stereocenters. The quantitative estimate of drug-likeness (QED) is 0.676. The van der Waals surface area contributed by atoms with E-state index < -0.39 is 9.84 Å². The van der Waals surface area contributed by atoms with E-state index in [1.54, 1.807) is 29.2 Å². The normalized spacial score (nSPS) is 18.7. The Labute approximate surface area is 169 Å². The van der Waals surface area contributed by atoms with E-state index in [2.05, 4.69) is 0 Å². The highest BCUT2D eigenvalue weighted by Crippen LogP contribution is 2.24. The molecule has 27 heavy (non-hydrogen) atoms. The van der Waals surface area contributed by atoms with Crippen molar-refractivity contribution in [3.63, 3.8) is 0 Å². The lowest BCUT2D eigenvalue weighted by Crippen LogP contribution is -2.39. The summed E-state index contributed by atoms with van der Waals surface area (Å²) in [5, 5.41) is 1.17. The maximum absolute atomic E-state index is 12.9. The average molecular weight is 424 g/mol. The number of rotatable bonds is 5. The fourth-order valence-corrected chi connectivity index (χ4v) is 5.11. The van der Waals surface area contributed by atoms with Gasteiger partial charge in [0, 0.05) is 28.7 Å². The molecule has 0 radical (unpaired) electrons. The van der Waals surface area contributed by atoms with Gasteiger partial charge < -0.3 is 4.90 Å². The Hall–Kier alpha value is -1.82. The molecule has 0 bridgehead atoms. The third-order valence-electron chi connectivity index (χ3n) is 4.52. The number of amides is 1. The van der Waals surface area contributed by atoms with Gasteiger partial charge in [0.1, 0.15) is 0 Å². The van der Waals surface area contributed by atoms with Crippen LogP contribution < -0.4 is 0 Å². The minimum Gasteiger partial charge on any atom is -0.331 e. The second-order valence-electron chi connectivity index (χ2n) is 6.50. The first-order chi connectivity index (χ1) is 12.8. The molecule has 1 amide bonds. The van der Waals surface area contributed by atoms with Gasteiger partial charge in [-0.1, -0.05) is 53.5 Å². The Balaban J connectivity index is 1.83. The maximum atomic E-state index is 12.9. The first kappa shape index (κ1) is 19.9. The first-order valence-corrected chi connectivity index (χ1v) is 11.1. The van der Waals surface area contributed by atoms with E-state index in [-0.39, 0.29) is 30.0 Å². The van der Waals surface area contributed by atoms with E-state index in [4.69, 9.17) is 23.2 Å². The fraction of sp³-hybridized carbons (Fsp3) is 0.250. The van der Waals surface area contributed by atoms with Crippen molar-refractivity contribution in [2.75, 3.05) is 11.5 Å². The third-order valence-corrected chi connectivity index (χ3v) is 6.89. The highest BCUT2D eigenvalue weighted by atomic mass is 35.5. The second kappa shape index (κ2) is 8.46. The first-order valence-electron chi connectivity index (χ1n) is 8.52. The molecule has 1 saturated heterocycles. The average Bonchev–Trinajstić information content (AvgIpc) is 3.00. The van der Waals surface area contributed by atoms with Gasteiger partial charge in [-0.15, -0.1) is 0 Å². The van der Waals surface area contributed by atoms with E-state index in [9.17, 15) is 13.2 Å². The summed E-state index contributed by atoms with van der Waals surface area (Å²) in [6.45, 7) is 0.268. The molecular formula is C20H19Cl2NO3S. The molecule has 1 aliphatic heterocycles. The van der Waals surface area contributed by atoms with Crippen LogP contribution >= 0.6 is 23.2 Å². The number of sulfone groups is 1. The molecule has 0 spiro atoms. The van der Waals surface area contributed by atoms with Crippen LogP contribution in [0.15, 0.2) is 54.6 Å². The van der Waals surface area contributed by atoms with Crippen LogP contribution in [0.5, 0.6) is 0 Å². The van der Waals surface area contributed by atoms with Gasteiger partial charge >= 0.3 is 0 Å². The topological polar surface area (TPSA) is 54.5 Å². The molecule has 1 aliphatic rings. The van der Waals surface area contributed by atoms with E-state index in [1.165, 1.54) is 6.08 Å². The molecule has 0 aliphatic carbocycles. The smallest absolute Gasteiger partial charge is 0.247 e. The van der Waals surface area contributed by atoms with Crippen LogP contribution in [0.25, 0.3) is 6.08 Å². The zero-order valence-electron chi connectivity index (χ0n) is 14.5. The molecule has 2 aromatic rings. The lowest BCUT2D eigenvalue weighted by atomic mass is 10.1. The molecule has 1 fully saturated rings. The van der Waals surface area contributed by atoms with Gasteiger partial charge in [0.25, 0.3) is 0 Å². The summed E-state index contributed by atoms with van der Waals surface area (Å²) in [6, 6.07) is 14.0. The van der Waals surface area contributed by atoms with Crippen molar-refractivity contribution in [3.05, 3.63) is 75.8 Å². The van der Waals surface area contributed by atoms with Crippen molar-refractivity contribution in [2.24, 2.45) is 0 Å². The number of hydrogen-bond acceptors (Lipinski definition) is 3. The van der Waals surface area contributed by atoms with Crippen molar-refractivity contribution in [2.45, 2.75) is 19.0 Å². The Bertz CT molecular complexity index is 955. The van der Waals surface area contributed by atoms with Crippen LogP contribution in [-0.4, -0.2) is 36.8 Å². The van der Waals surface area contributed by atoms with E-state index >= 15 is 0 Å². The number of benzene rings is 2. The summed E-state index contributed by atoms with van der Waals surface area (Å²) < 4.78 is 23.8. The second-order valence-corrected chi connectivity index (χ2v) is 9.57. The Morgan fingerprint density at radius 2 is 1.81 bits per heavy atom. The molecule has 1 atom stereocenters. The van der Waals surface area contributed by atoms with E-state index in [1.807, 2.05) is 30.3 Å². The number of hydrogen-bond donors (Lipinski definition) is 0. The largest absolute Gasteiger partial charge is 0.331 e. The van der Waals surface area contributed by atoms with Gasteiger partial charge in [0.2, 0.25) is 5.91 Å². The molecule has 0 aromatic heterocycles. The highest BCUT2D eigenvalue weighted by Gasteiger charge is 2.34. The van der Waals surface area contributed by atoms with Gasteiger partial charge in [-0.2, -0.15) is 0 Å². The van der Waals surface area contributed by atoms with Crippen LogP contribution in [0.2, 0.25) is 10.0 Å². The predicted molar refractivity (Wildman–Crippen MR) is 110 cm³/mol. The molecule has 0 saturated carbocycles. The zero-order chi connectivity index (χ0) is 19.4. The van der Waals surface area contributed by atoms with Crippen molar-refractivity contribution in [1.29, 1.82) is 0 Å². The number of carbonyl (C=O) groups excluding carboxylic acids is 1. The van der Waals surface area contributed by atoms with Crippen LogP contribution in [0.4, 0.5) is 0 Å². The Morgan fingerprint density at radius 1 is 1.11 bits per heavy atom. The van der Waals surface area contributed by atoms with Crippen LogP contribution in [-0.2, 0) is 21.2 Å². The third kappa shape index (κ3) is 5.34. The van der Waals surface area contributed by atoms with Gasteiger partial charge in [-0.3, -0.25) is 4.79 Å². The standard InChI is InChI=1S/C20H19Cl2NO3S/c21-17-8-5-15(6-9-17)7-10-20(24)23(18-11-12-27(25,26)14-18)13-16-3-1-2-4-19(16)22/h1-10,18H,11-14H2. The van der Waals surface area contributed by atoms with E-state index in [0.717, 1.165) is 11.1 Å². The molecule has 1 heterocycles. The fourth-order valence-electron chi connectivity index (χ4n) is 3.06.